The summed E-state index contributed by atoms with van der Waals surface area (Å²) in [7, 11) is 0. The van der Waals surface area contributed by atoms with E-state index in [0.29, 0.717) is 21.5 Å². The molecule has 0 saturated carbocycles. The first-order valence-corrected chi connectivity index (χ1v) is 7.64. The number of amides is 1. The van der Waals surface area contributed by atoms with E-state index in [4.69, 9.17) is 11.6 Å². The van der Waals surface area contributed by atoms with Gasteiger partial charge in [-0.25, -0.2) is 0 Å². The SMILES string of the molecule is CC(C)Sc1cccc(C(=O)Nc2cccc(Cl)c2)c1. The molecule has 0 aromatic heterocycles. The Hall–Kier alpha value is -1.45. The van der Waals surface area contributed by atoms with E-state index in [2.05, 4.69) is 19.2 Å². The zero-order valence-corrected chi connectivity index (χ0v) is 13.0. The number of benzene rings is 2. The standard InChI is InChI=1S/C16H16ClNOS/c1-11(2)20-15-8-3-5-12(9-15)16(19)18-14-7-4-6-13(17)10-14/h3-11H,1-2H3,(H,18,19). The lowest BCUT2D eigenvalue weighted by Crippen LogP contribution is -2.11. The summed E-state index contributed by atoms with van der Waals surface area (Å²) in [6.45, 7) is 4.26. The van der Waals surface area contributed by atoms with E-state index in [1.165, 1.54) is 0 Å². The lowest BCUT2D eigenvalue weighted by Gasteiger charge is -2.08. The van der Waals surface area contributed by atoms with Crippen LogP contribution >= 0.6 is 23.4 Å². The molecular weight excluding hydrogens is 290 g/mol. The fourth-order valence-electron chi connectivity index (χ4n) is 1.75. The smallest absolute Gasteiger partial charge is 0.255 e. The van der Waals surface area contributed by atoms with E-state index in [-0.39, 0.29) is 5.91 Å². The Morgan fingerprint density at radius 1 is 1.15 bits per heavy atom. The van der Waals surface area contributed by atoms with Crippen LogP contribution in [0.3, 0.4) is 0 Å². The molecule has 0 heterocycles. The first-order valence-electron chi connectivity index (χ1n) is 6.38. The number of carbonyl (C=O) groups is 1. The van der Waals surface area contributed by atoms with Gasteiger partial charge in [-0.1, -0.05) is 37.6 Å². The van der Waals surface area contributed by atoms with Gasteiger partial charge in [0.25, 0.3) is 5.91 Å². The largest absolute Gasteiger partial charge is 0.322 e. The van der Waals surface area contributed by atoms with Crippen molar-refractivity contribution in [3.05, 3.63) is 59.1 Å². The van der Waals surface area contributed by atoms with Crippen LogP contribution in [0.1, 0.15) is 24.2 Å². The molecule has 1 N–H and O–H groups in total. The van der Waals surface area contributed by atoms with Crippen LogP contribution in [0, 0.1) is 0 Å². The lowest BCUT2D eigenvalue weighted by molar-refractivity contribution is 0.102. The first kappa shape index (κ1) is 14.9. The molecule has 2 aromatic carbocycles. The number of anilines is 1. The molecule has 0 saturated heterocycles. The highest BCUT2D eigenvalue weighted by molar-refractivity contribution is 7.99. The minimum atomic E-state index is -0.126. The van der Waals surface area contributed by atoms with Gasteiger partial charge in [-0.15, -0.1) is 11.8 Å². The Labute approximate surface area is 128 Å². The Balaban J connectivity index is 2.13. The molecule has 0 bridgehead atoms. The number of thioether (sulfide) groups is 1. The van der Waals surface area contributed by atoms with Gasteiger partial charge in [-0.05, 0) is 36.4 Å². The van der Waals surface area contributed by atoms with Crippen molar-refractivity contribution >= 4 is 35.0 Å². The van der Waals surface area contributed by atoms with Crippen molar-refractivity contribution in [3.8, 4) is 0 Å². The summed E-state index contributed by atoms with van der Waals surface area (Å²) in [6, 6.07) is 14.8. The molecule has 0 atom stereocenters. The molecule has 0 aliphatic carbocycles. The summed E-state index contributed by atoms with van der Waals surface area (Å²) in [5, 5.41) is 3.94. The van der Waals surface area contributed by atoms with Crippen LogP contribution in [-0.2, 0) is 0 Å². The number of hydrogen-bond donors (Lipinski definition) is 1. The van der Waals surface area contributed by atoms with Gasteiger partial charge in [-0.3, -0.25) is 4.79 Å². The van der Waals surface area contributed by atoms with Crippen molar-refractivity contribution in [2.75, 3.05) is 5.32 Å². The normalized spacial score (nSPS) is 10.6. The maximum absolute atomic E-state index is 12.2. The number of halogens is 1. The highest BCUT2D eigenvalue weighted by Gasteiger charge is 2.08. The average molecular weight is 306 g/mol. The summed E-state index contributed by atoms with van der Waals surface area (Å²) < 4.78 is 0. The molecule has 1 amide bonds. The van der Waals surface area contributed by atoms with Crippen LogP contribution in [0.4, 0.5) is 5.69 Å². The van der Waals surface area contributed by atoms with Crippen LogP contribution in [0.25, 0.3) is 0 Å². The van der Waals surface area contributed by atoms with Crippen LogP contribution in [-0.4, -0.2) is 11.2 Å². The van der Waals surface area contributed by atoms with Gasteiger partial charge in [0.15, 0.2) is 0 Å². The predicted molar refractivity (Wildman–Crippen MR) is 86.8 cm³/mol. The summed E-state index contributed by atoms with van der Waals surface area (Å²) in [5.41, 5.74) is 1.35. The monoisotopic (exact) mass is 305 g/mol. The fraction of sp³-hybridized carbons (Fsp3) is 0.188. The molecule has 0 aliphatic rings. The van der Waals surface area contributed by atoms with Crippen LogP contribution in [0.5, 0.6) is 0 Å². The second-order valence-electron chi connectivity index (χ2n) is 4.66. The minimum absolute atomic E-state index is 0.126. The van der Waals surface area contributed by atoms with Crippen molar-refractivity contribution in [1.82, 2.24) is 0 Å². The Kier molecular flexibility index (Phi) is 5.10. The third kappa shape index (κ3) is 4.29. The molecule has 2 nitrogen and oxygen atoms in total. The molecule has 0 radical (unpaired) electrons. The average Bonchev–Trinajstić information content (AvgIpc) is 2.38. The summed E-state index contributed by atoms with van der Waals surface area (Å²) in [5.74, 6) is -0.126. The van der Waals surface area contributed by atoms with Crippen LogP contribution in [0.15, 0.2) is 53.4 Å². The topological polar surface area (TPSA) is 29.1 Å². The third-order valence-electron chi connectivity index (χ3n) is 2.55. The van der Waals surface area contributed by atoms with Crippen molar-refractivity contribution in [2.24, 2.45) is 0 Å². The Bertz CT molecular complexity index is 613. The van der Waals surface area contributed by atoms with E-state index in [1.807, 2.05) is 36.4 Å². The lowest BCUT2D eigenvalue weighted by atomic mass is 10.2. The van der Waals surface area contributed by atoms with Crippen molar-refractivity contribution in [1.29, 1.82) is 0 Å². The number of nitrogens with one attached hydrogen (secondary N) is 1. The molecule has 0 aliphatic heterocycles. The minimum Gasteiger partial charge on any atom is -0.322 e. The van der Waals surface area contributed by atoms with Gasteiger partial charge >= 0.3 is 0 Å². The van der Waals surface area contributed by atoms with E-state index in [0.717, 1.165) is 4.90 Å². The second kappa shape index (κ2) is 6.82. The first-order chi connectivity index (χ1) is 9.54. The molecule has 0 unspecified atom stereocenters. The van der Waals surface area contributed by atoms with Gasteiger partial charge < -0.3 is 5.32 Å². The molecular formula is C16H16ClNOS. The van der Waals surface area contributed by atoms with E-state index in [1.54, 1.807) is 23.9 Å². The van der Waals surface area contributed by atoms with Gasteiger partial charge in [0.2, 0.25) is 0 Å². The maximum atomic E-state index is 12.2. The number of rotatable bonds is 4. The van der Waals surface area contributed by atoms with Gasteiger partial charge in [0.1, 0.15) is 0 Å². The van der Waals surface area contributed by atoms with Crippen molar-refractivity contribution in [3.63, 3.8) is 0 Å². The molecule has 104 valence electrons. The highest BCUT2D eigenvalue weighted by atomic mass is 35.5. The molecule has 2 rings (SSSR count). The van der Waals surface area contributed by atoms with Gasteiger partial charge in [0, 0.05) is 26.4 Å². The predicted octanol–water partition coefficient (Wildman–Crippen LogP) is 5.09. The zero-order valence-electron chi connectivity index (χ0n) is 11.4. The molecule has 4 heteroatoms. The summed E-state index contributed by atoms with van der Waals surface area (Å²) in [4.78, 5) is 13.3. The quantitative estimate of drug-likeness (QED) is 0.797. The molecule has 0 fully saturated rings. The van der Waals surface area contributed by atoms with Crippen molar-refractivity contribution < 1.29 is 4.79 Å². The summed E-state index contributed by atoms with van der Waals surface area (Å²) >= 11 is 7.64. The second-order valence-corrected chi connectivity index (χ2v) is 6.75. The summed E-state index contributed by atoms with van der Waals surface area (Å²) in [6.07, 6.45) is 0. The van der Waals surface area contributed by atoms with E-state index >= 15 is 0 Å². The third-order valence-corrected chi connectivity index (χ3v) is 3.78. The van der Waals surface area contributed by atoms with E-state index < -0.39 is 0 Å². The zero-order chi connectivity index (χ0) is 14.5. The molecule has 0 spiro atoms. The van der Waals surface area contributed by atoms with Gasteiger partial charge in [0.05, 0.1) is 0 Å². The highest BCUT2D eigenvalue weighted by Crippen LogP contribution is 2.24. The Morgan fingerprint density at radius 3 is 2.60 bits per heavy atom. The van der Waals surface area contributed by atoms with Gasteiger partial charge in [-0.2, -0.15) is 0 Å². The maximum Gasteiger partial charge on any atom is 0.255 e. The van der Waals surface area contributed by atoms with Crippen LogP contribution in [0.2, 0.25) is 5.02 Å². The fourth-order valence-corrected chi connectivity index (χ4v) is 2.84. The van der Waals surface area contributed by atoms with Crippen LogP contribution < -0.4 is 5.32 Å². The Morgan fingerprint density at radius 2 is 1.90 bits per heavy atom. The number of hydrogen-bond acceptors (Lipinski definition) is 2. The molecule has 20 heavy (non-hydrogen) atoms. The van der Waals surface area contributed by atoms with E-state index in [9.17, 15) is 4.79 Å². The number of carbonyl (C=O) groups excluding carboxylic acids is 1. The molecule has 2 aromatic rings. The van der Waals surface area contributed by atoms with Crippen molar-refractivity contribution in [2.45, 2.75) is 24.0 Å².